The number of hydrogen-bond donors (Lipinski definition) is 2. The Morgan fingerprint density at radius 2 is 0.938 bits per heavy atom. The molecule has 4 bridgehead atoms. The summed E-state index contributed by atoms with van der Waals surface area (Å²) in [4.78, 5) is 2.35. The monoisotopic (exact) mass is 991 g/mol. The fourth-order valence-electron chi connectivity index (χ4n) is 12.3. The second-order valence-corrected chi connectivity index (χ2v) is 19.0. The van der Waals surface area contributed by atoms with Crippen LogP contribution < -0.4 is 43.6 Å². The number of rotatable bonds is 16. The standard InChI is InChI=1S/C33H43N2O2.C23H28NO.2BrH/c1-3-34(4-2)30-17-11-18-31(27-30)37-26-12-22-35-23-19-32(20-24-35,21-25-35)33(36,28-13-7-5-8-14-28)29-15-9-6-10-16-29;1-2-16-24-17-13-22(14-18-24,15-19-24)23(25,20-9-5-3-6-10-20)21-11-7-4-8-12-21;;/h5-11,13-18,27,36H,3-4,12,19-26H2,1-2H3;2-12,25H,1,13-19H2;2*1H/q2*+1;;/p-2. The predicted octanol–water partition coefficient (Wildman–Crippen LogP) is 4.36. The van der Waals surface area contributed by atoms with E-state index >= 15 is 0 Å². The van der Waals surface area contributed by atoms with Gasteiger partial charge in [-0.25, -0.2) is 0 Å². The molecule has 5 aromatic rings. The first kappa shape index (κ1) is 49.7. The minimum atomic E-state index is -0.953. The Bertz CT molecular complexity index is 2070. The summed E-state index contributed by atoms with van der Waals surface area (Å²) in [6.45, 7) is 20.2. The van der Waals surface area contributed by atoms with Gasteiger partial charge in [0, 0.05) is 80.6 Å². The molecule has 0 saturated carbocycles. The highest BCUT2D eigenvalue weighted by Gasteiger charge is 2.61. The average molecular weight is 994 g/mol. The second-order valence-electron chi connectivity index (χ2n) is 19.0. The Labute approximate surface area is 405 Å². The molecule has 6 saturated heterocycles. The Morgan fingerprint density at radius 1 is 0.562 bits per heavy atom. The minimum absolute atomic E-state index is 0. The average Bonchev–Trinajstić information content (AvgIpc) is 3.35. The van der Waals surface area contributed by atoms with Crippen LogP contribution in [0.5, 0.6) is 5.75 Å². The van der Waals surface area contributed by atoms with Crippen molar-refractivity contribution in [2.45, 2.75) is 70.0 Å². The third kappa shape index (κ3) is 9.43. The van der Waals surface area contributed by atoms with E-state index in [0.717, 1.165) is 149 Å². The van der Waals surface area contributed by atoms with Gasteiger partial charge >= 0.3 is 0 Å². The molecule has 0 spiro atoms. The van der Waals surface area contributed by atoms with Crippen LogP contribution >= 0.6 is 0 Å². The van der Waals surface area contributed by atoms with Crippen LogP contribution in [0.2, 0.25) is 0 Å². The quantitative estimate of drug-likeness (QED) is 0.0879. The zero-order valence-electron chi connectivity index (χ0n) is 38.3. The fraction of sp³-hybridized carbons (Fsp3) is 0.429. The van der Waals surface area contributed by atoms with Crippen molar-refractivity contribution in [3.05, 3.63) is 181 Å². The molecule has 5 aromatic carbocycles. The molecular formula is C56H71Br2N3O3. The van der Waals surface area contributed by atoms with Crippen molar-refractivity contribution < 1.29 is 57.9 Å². The summed E-state index contributed by atoms with van der Waals surface area (Å²) < 4.78 is 8.52. The maximum atomic E-state index is 12.5. The highest BCUT2D eigenvalue weighted by atomic mass is 79.9. The lowest BCUT2D eigenvalue weighted by atomic mass is 9.56. The summed E-state index contributed by atoms with van der Waals surface area (Å²) in [5.41, 5.74) is 3.31. The maximum absolute atomic E-state index is 12.5. The summed E-state index contributed by atoms with van der Waals surface area (Å²) in [6.07, 6.45) is 9.51. The van der Waals surface area contributed by atoms with E-state index < -0.39 is 11.2 Å². The van der Waals surface area contributed by atoms with Crippen molar-refractivity contribution >= 4 is 5.69 Å². The first-order chi connectivity index (χ1) is 30.2. The van der Waals surface area contributed by atoms with Gasteiger partial charge in [-0.15, -0.1) is 0 Å². The number of halogens is 2. The third-order valence-corrected chi connectivity index (χ3v) is 16.2. The van der Waals surface area contributed by atoms with Crippen molar-refractivity contribution in [1.29, 1.82) is 0 Å². The van der Waals surface area contributed by atoms with E-state index in [0.29, 0.717) is 0 Å². The number of piperidine rings is 6. The van der Waals surface area contributed by atoms with E-state index in [1.807, 2.05) is 48.5 Å². The lowest BCUT2D eigenvalue weighted by molar-refractivity contribution is -0.946. The SMILES string of the molecule is C=CC[N+]12CCC(C(O)(c3ccccc3)c3ccccc3)(CC1)CC2.CCN(CC)c1cccc(OCCC[N+]23CCC(C(O)(c4ccccc4)c4ccccc4)(CC2)CC3)c1.[Br-].[Br-]. The molecule has 0 radical (unpaired) electrons. The van der Waals surface area contributed by atoms with Crippen molar-refractivity contribution in [2.75, 3.05) is 77.0 Å². The number of ether oxygens (including phenoxy) is 1. The minimum Gasteiger partial charge on any atom is -1.00 e. The first-order valence-corrected chi connectivity index (χ1v) is 23.6. The highest BCUT2D eigenvalue weighted by molar-refractivity contribution is 5.50. The molecule has 64 heavy (non-hydrogen) atoms. The fourth-order valence-corrected chi connectivity index (χ4v) is 12.3. The largest absolute Gasteiger partial charge is 1.00 e. The molecule has 0 unspecified atom stereocenters. The molecule has 0 aliphatic carbocycles. The molecule has 342 valence electrons. The van der Waals surface area contributed by atoms with E-state index in [9.17, 15) is 10.2 Å². The van der Waals surface area contributed by atoms with Crippen molar-refractivity contribution in [3.8, 4) is 5.75 Å². The molecule has 0 aromatic heterocycles. The number of anilines is 1. The van der Waals surface area contributed by atoms with Gasteiger partial charge in [0.2, 0.25) is 0 Å². The second kappa shape index (κ2) is 21.3. The molecule has 6 aliphatic heterocycles. The summed E-state index contributed by atoms with van der Waals surface area (Å²) >= 11 is 0. The Hall–Kier alpha value is -3.76. The lowest BCUT2D eigenvalue weighted by Gasteiger charge is -2.60. The summed E-state index contributed by atoms with van der Waals surface area (Å²) in [5, 5.41) is 24.8. The number of aliphatic hydroxyl groups is 2. The van der Waals surface area contributed by atoms with Gasteiger partial charge in [0.25, 0.3) is 0 Å². The smallest absolute Gasteiger partial charge is 0.121 e. The van der Waals surface area contributed by atoms with Crippen LogP contribution in [0.4, 0.5) is 5.69 Å². The lowest BCUT2D eigenvalue weighted by Crippen LogP contribution is -3.00. The van der Waals surface area contributed by atoms with Crippen LogP contribution in [0.1, 0.15) is 81.0 Å². The molecule has 11 rings (SSSR count). The van der Waals surface area contributed by atoms with Gasteiger partial charge in [0.1, 0.15) is 17.0 Å². The van der Waals surface area contributed by atoms with Crippen LogP contribution in [-0.2, 0) is 11.2 Å². The van der Waals surface area contributed by atoms with Gasteiger partial charge in [0.05, 0.1) is 59.0 Å². The number of fused-ring (bicyclic) bond motifs is 6. The predicted molar refractivity (Wildman–Crippen MR) is 254 cm³/mol. The number of hydrogen-bond acceptors (Lipinski definition) is 4. The van der Waals surface area contributed by atoms with E-state index in [2.05, 4.69) is 128 Å². The van der Waals surface area contributed by atoms with Gasteiger partial charge in [-0.05, 0) is 54.3 Å². The molecule has 2 N–H and O–H groups in total. The van der Waals surface area contributed by atoms with Crippen LogP contribution in [0.25, 0.3) is 0 Å². The normalized spacial score (nSPS) is 24.6. The van der Waals surface area contributed by atoms with Crippen LogP contribution in [0, 0.1) is 10.8 Å². The highest BCUT2D eigenvalue weighted by Crippen LogP contribution is 2.59. The van der Waals surface area contributed by atoms with Gasteiger partial charge in [0.15, 0.2) is 0 Å². The van der Waals surface area contributed by atoms with E-state index in [1.165, 1.54) is 10.2 Å². The van der Waals surface area contributed by atoms with Gasteiger partial charge in [-0.2, -0.15) is 0 Å². The Balaban J connectivity index is 0.000000220. The number of benzene rings is 5. The summed E-state index contributed by atoms with van der Waals surface area (Å²) in [7, 11) is 0. The molecule has 6 aliphatic rings. The molecule has 6 heterocycles. The van der Waals surface area contributed by atoms with Crippen molar-refractivity contribution in [3.63, 3.8) is 0 Å². The summed E-state index contributed by atoms with van der Waals surface area (Å²) in [5.74, 6) is 0.969. The third-order valence-electron chi connectivity index (χ3n) is 16.2. The zero-order chi connectivity index (χ0) is 43.2. The van der Waals surface area contributed by atoms with Crippen molar-refractivity contribution in [1.82, 2.24) is 0 Å². The molecule has 6 fully saturated rings. The molecule has 0 amide bonds. The van der Waals surface area contributed by atoms with E-state index in [1.54, 1.807) is 0 Å². The maximum Gasteiger partial charge on any atom is 0.121 e. The summed E-state index contributed by atoms with van der Waals surface area (Å²) in [6, 6.07) is 49.9. The Morgan fingerprint density at radius 3 is 1.30 bits per heavy atom. The van der Waals surface area contributed by atoms with Crippen molar-refractivity contribution in [2.24, 2.45) is 10.8 Å². The number of quaternary nitrogens is 2. The van der Waals surface area contributed by atoms with Crippen LogP contribution in [-0.4, -0.2) is 91.2 Å². The van der Waals surface area contributed by atoms with E-state index in [-0.39, 0.29) is 44.8 Å². The zero-order valence-corrected chi connectivity index (χ0v) is 41.4. The van der Waals surface area contributed by atoms with Crippen LogP contribution in [0.3, 0.4) is 0 Å². The number of nitrogens with zero attached hydrogens (tertiary/aromatic N) is 3. The first-order valence-electron chi connectivity index (χ1n) is 23.6. The molecule has 6 nitrogen and oxygen atoms in total. The van der Waals surface area contributed by atoms with Gasteiger partial charge in [-0.1, -0.05) is 134 Å². The van der Waals surface area contributed by atoms with E-state index in [4.69, 9.17) is 4.74 Å². The molecule has 8 heteroatoms. The van der Waals surface area contributed by atoms with Crippen LogP contribution in [0.15, 0.2) is 158 Å². The van der Waals surface area contributed by atoms with Gasteiger partial charge in [-0.3, -0.25) is 0 Å². The Kier molecular flexibility index (Phi) is 16.5. The van der Waals surface area contributed by atoms with Gasteiger partial charge < -0.3 is 62.8 Å². The topological polar surface area (TPSA) is 52.9 Å². The molecular weight excluding hydrogens is 922 g/mol. The molecule has 0 atom stereocenters.